The molecule has 1 aromatic carbocycles. The monoisotopic (exact) mass is 240 g/mol. The molecule has 0 unspecified atom stereocenters. The number of amides is 1. The summed E-state index contributed by atoms with van der Waals surface area (Å²) in [5.41, 5.74) is 2.84. The van der Waals surface area contributed by atoms with Crippen LogP contribution in [0.1, 0.15) is 21.5 Å². The van der Waals surface area contributed by atoms with Crippen molar-refractivity contribution in [2.45, 2.75) is 13.5 Å². The van der Waals surface area contributed by atoms with Crippen molar-refractivity contribution < 1.29 is 4.79 Å². The fraction of sp³-hybridized carbons (Fsp3) is 0.200. The summed E-state index contributed by atoms with van der Waals surface area (Å²) in [5, 5.41) is 0. The van der Waals surface area contributed by atoms with Gasteiger partial charge in [0.15, 0.2) is 0 Å². The molecule has 1 amide bonds. The van der Waals surface area contributed by atoms with Gasteiger partial charge in [-0.15, -0.1) is 0 Å². The minimum absolute atomic E-state index is 0.0462. The molecule has 0 N–H and O–H groups in total. The lowest BCUT2D eigenvalue weighted by molar-refractivity contribution is 0.0784. The molecule has 0 atom stereocenters. The van der Waals surface area contributed by atoms with E-state index >= 15 is 0 Å². The molecule has 0 aliphatic rings. The topological polar surface area (TPSA) is 33.2 Å². The standard InChI is InChI=1S/C15H16N2O/c1-12-5-3-4-6-14(12)15(18)17(2)11-13-7-9-16-10-8-13/h3-10H,11H2,1-2H3. The first-order chi connectivity index (χ1) is 8.68. The van der Waals surface area contributed by atoms with Crippen LogP contribution < -0.4 is 0 Å². The summed E-state index contributed by atoms with van der Waals surface area (Å²) in [6, 6.07) is 11.5. The second-order valence-electron chi connectivity index (χ2n) is 4.33. The Balaban J connectivity index is 2.13. The Hall–Kier alpha value is -2.16. The van der Waals surface area contributed by atoms with Crippen LogP contribution in [0.4, 0.5) is 0 Å². The third-order valence-electron chi connectivity index (χ3n) is 2.89. The fourth-order valence-electron chi connectivity index (χ4n) is 1.85. The van der Waals surface area contributed by atoms with E-state index in [2.05, 4.69) is 4.98 Å². The normalized spacial score (nSPS) is 10.1. The van der Waals surface area contributed by atoms with Gasteiger partial charge < -0.3 is 4.90 Å². The van der Waals surface area contributed by atoms with Gasteiger partial charge in [-0.2, -0.15) is 0 Å². The lowest BCUT2D eigenvalue weighted by Gasteiger charge is -2.18. The van der Waals surface area contributed by atoms with Crippen molar-refractivity contribution in [1.29, 1.82) is 0 Å². The van der Waals surface area contributed by atoms with Gasteiger partial charge in [0, 0.05) is 31.5 Å². The van der Waals surface area contributed by atoms with Gasteiger partial charge in [0.2, 0.25) is 0 Å². The van der Waals surface area contributed by atoms with Crippen LogP contribution in [0.5, 0.6) is 0 Å². The van der Waals surface area contributed by atoms with Crippen LogP contribution in [0.15, 0.2) is 48.8 Å². The van der Waals surface area contributed by atoms with E-state index in [4.69, 9.17) is 0 Å². The van der Waals surface area contributed by atoms with E-state index in [9.17, 15) is 4.79 Å². The maximum atomic E-state index is 12.3. The van der Waals surface area contributed by atoms with E-state index in [1.54, 1.807) is 17.3 Å². The summed E-state index contributed by atoms with van der Waals surface area (Å²) in [4.78, 5) is 18.0. The number of carbonyl (C=O) groups is 1. The van der Waals surface area contributed by atoms with Gasteiger partial charge in [-0.3, -0.25) is 9.78 Å². The Bertz CT molecular complexity index is 537. The molecular weight excluding hydrogens is 224 g/mol. The first kappa shape index (κ1) is 12.3. The van der Waals surface area contributed by atoms with Crippen molar-refractivity contribution in [3.05, 3.63) is 65.5 Å². The zero-order chi connectivity index (χ0) is 13.0. The van der Waals surface area contributed by atoms with Gasteiger partial charge >= 0.3 is 0 Å². The molecule has 1 aromatic heterocycles. The molecule has 0 saturated carbocycles. The molecule has 3 nitrogen and oxygen atoms in total. The number of benzene rings is 1. The van der Waals surface area contributed by atoms with Crippen molar-refractivity contribution in [3.8, 4) is 0 Å². The quantitative estimate of drug-likeness (QED) is 0.826. The Labute approximate surface area is 107 Å². The lowest BCUT2D eigenvalue weighted by atomic mass is 10.1. The van der Waals surface area contributed by atoms with Crippen LogP contribution in [-0.2, 0) is 6.54 Å². The molecule has 0 radical (unpaired) electrons. The summed E-state index contributed by atoms with van der Waals surface area (Å²) in [5.74, 6) is 0.0462. The highest BCUT2D eigenvalue weighted by Crippen LogP contribution is 2.11. The molecule has 0 aliphatic heterocycles. The van der Waals surface area contributed by atoms with E-state index < -0.39 is 0 Å². The van der Waals surface area contributed by atoms with Crippen molar-refractivity contribution in [3.63, 3.8) is 0 Å². The SMILES string of the molecule is Cc1ccccc1C(=O)N(C)Cc1ccncc1. The van der Waals surface area contributed by atoms with Crippen LogP contribution in [0.25, 0.3) is 0 Å². The maximum Gasteiger partial charge on any atom is 0.254 e. The molecule has 0 fully saturated rings. The van der Waals surface area contributed by atoms with Crippen LogP contribution in [-0.4, -0.2) is 22.8 Å². The van der Waals surface area contributed by atoms with Crippen molar-refractivity contribution >= 4 is 5.91 Å². The van der Waals surface area contributed by atoms with Crippen molar-refractivity contribution in [1.82, 2.24) is 9.88 Å². The Morgan fingerprint density at radius 3 is 2.50 bits per heavy atom. The highest BCUT2D eigenvalue weighted by Gasteiger charge is 2.13. The van der Waals surface area contributed by atoms with Gasteiger partial charge in [-0.25, -0.2) is 0 Å². The molecule has 1 heterocycles. The number of hydrogen-bond acceptors (Lipinski definition) is 2. The number of hydrogen-bond donors (Lipinski definition) is 0. The molecule has 3 heteroatoms. The smallest absolute Gasteiger partial charge is 0.254 e. The average Bonchev–Trinajstić information content (AvgIpc) is 2.39. The predicted octanol–water partition coefficient (Wildman–Crippen LogP) is 2.66. The third kappa shape index (κ3) is 2.74. The molecule has 92 valence electrons. The van der Waals surface area contributed by atoms with Crippen molar-refractivity contribution in [2.75, 3.05) is 7.05 Å². The number of pyridine rings is 1. The van der Waals surface area contributed by atoms with Gasteiger partial charge in [0.05, 0.1) is 0 Å². The fourth-order valence-corrected chi connectivity index (χ4v) is 1.85. The molecular formula is C15H16N2O. The van der Waals surface area contributed by atoms with E-state index in [1.165, 1.54) is 0 Å². The van der Waals surface area contributed by atoms with Crippen LogP contribution in [0, 0.1) is 6.92 Å². The second-order valence-corrected chi connectivity index (χ2v) is 4.33. The summed E-state index contributed by atoms with van der Waals surface area (Å²) in [6.45, 7) is 2.54. The second kappa shape index (κ2) is 5.45. The van der Waals surface area contributed by atoms with E-state index in [1.807, 2.05) is 50.4 Å². The van der Waals surface area contributed by atoms with Gasteiger partial charge in [-0.1, -0.05) is 18.2 Å². The highest BCUT2D eigenvalue weighted by atomic mass is 16.2. The molecule has 0 spiro atoms. The molecule has 0 bridgehead atoms. The minimum Gasteiger partial charge on any atom is -0.337 e. The number of carbonyl (C=O) groups excluding carboxylic acids is 1. The van der Waals surface area contributed by atoms with Crippen LogP contribution >= 0.6 is 0 Å². The van der Waals surface area contributed by atoms with Gasteiger partial charge in [0.25, 0.3) is 5.91 Å². The van der Waals surface area contributed by atoms with Gasteiger partial charge in [-0.05, 0) is 36.2 Å². The molecule has 0 aliphatic carbocycles. The largest absolute Gasteiger partial charge is 0.337 e. The number of aryl methyl sites for hydroxylation is 1. The number of aromatic nitrogens is 1. The first-order valence-corrected chi connectivity index (χ1v) is 5.88. The Kier molecular flexibility index (Phi) is 3.72. The molecule has 18 heavy (non-hydrogen) atoms. The lowest BCUT2D eigenvalue weighted by Crippen LogP contribution is -2.26. The number of nitrogens with zero attached hydrogens (tertiary/aromatic N) is 2. The summed E-state index contributed by atoms with van der Waals surface area (Å²) >= 11 is 0. The maximum absolute atomic E-state index is 12.3. The summed E-state index contributed by atoms with van der Waals surface area (Å²) < 4.78 is 0. The zero-order valence-corrected chi connectivity index (χ0v) is 10.6. The Morgan fingerprint density at radius 1 is 1.17 bits per heavy atom. The van der Waals surface area contributed by atoms with Crippen LogP contribution in [0.3, 0.4) is 0 Å². The first-order valence-electron chi connectivity index (χ1n) is 5.88. The average molecular weight is 240 g/mol. The zero-order valence-electron chi connectivity index (χ0n) is 10.6. The van der Waals surface area contributed by atoms with Gasteiger partial charge in [0.1, 0.15) is 0 Å². The summed E-state index contributed by atoms with van der Waals surface area (Å²) in [6.07, 6.45) is 3.48. The van der Waals surface area contributed by atoms with Crippen LogP contribution in [0.2, 0.25) is 0 Å². The predicted molar refractivity (Wildman–Crippen MR) is 71.2 cm³/mol. The van der Waals surface area contributed by atoms with E-state index in [0.717, 1.165) is 16.7 Å². The summed E-state index contributed by atoms with van der Waals surface area (Å²) in [7, 11) is 1.81. The molecule has 2 aromatic rings. The minimum atomic E-state index is 0.0462. The van der Waals surface area contributed by atoms with E-state index in [0.29, 0.717) is 6.54 Å². The van der Waals surface area contributed by atoms with Crippen molar-refractivity contribution in [2.24, 2.45) is 0 Å². The molecule has 2 rings (SSSR count). The highest BCUT2D eigenvalue weighted by molar-refractivity contribution is 5.95. The molecule has 0 saturated heterocycles. The third-order valence-corrected chi connectivity index (χ3v) is 2.89. The van der Waals surface area contributed by atoms with E-state index in [-0.39, 0.29) is 5.91 Å². The Morgan fingerprint density at radius 2 is 1.83 bits per heavy atom. The number of rotatable bonds is 3.